The van der Waals surface area contributed by atoms with Crippen molar-refractivity contribution in [2.45, 2.75) is 52.5 Å². The Morgan fingerprint density at radius 3 is 2.56 bits per heavy atom. The van der Waals surface area contributed by atoms with Crippen molar-refractivity contribution >= 4 is 29.9 Å². The minimum atomic E-state index is 0. The quantitative estimate of drug-likeness (QED) is 0.351. The van der Waals surface area contributed by atoms with Gasteiger partial charge < -0.3 is 19.9 Å². The third-order valence-electron chi connectivity index (χ3n) is 5.04. The molecule has 1 heterocycles. The number of methoxy groups -OCH3 is 1. The predicted octanol–water partition coefficient (Wildman–Crippen LogP) is 2.39. The smallest absolute Gasteiger partial charge is 0.191 e. The number of nitrogens with zero attached hydrogens (tertiary/aromatic N) is 4. The van der Waals surface area contributed by atoms with Gasteiger partial charge in [0.1, 0.15) is 12.4 Å². The molecule has 0 bridgehead atoms. The molecule has 1 aliphatic carbocycles. The fraction of sp³-hybridized carbons (Fsp3) is 0.824. The lowest BCUT2D eigenvalue weighted by Crippen LogP contribution is -2.43. The molecule has 1 aliphatic rings. The van der Waals surface area contributed by atoms with Crippen molar-refractivity contribution in [2.75, 3.05) is 26.8 Å². The largest absolute Gasteiger partial charge is 0.385 e. The lowest BCUT2D eigenvalue weighted by atomic mass is 9.83. The number of hydrogen-bond donors (Lipinski definition) is 2. The van der Waals surface area contributed by atoms with Crippen LogP contribution in [0.2, 0.25) is 0 Å². The molecule has 2 rings (SSSR count). The van der Waals surface area contributed by atoms with E-state index < -0.39 is 0 Å². The molecule has 0 atom stereocenters. The maximum absolute atomic E-state index is 5.31. The molecule has 2 N–H and O–H groups in total. The number of aliphatic imine (C=N–C) groups is 1. The zero-order valence-corrected chi connectivity index (χ0v) is 18.3. The van der Waals surface area contributed by atoms with Crippen LogP contribution in [0, 0.1) is 12.3 Å². The molecule has 1 aromatic heterocycles. The van der Waals surface area contributed by atoms with Crippen molar-refractivity contribution in [3.8, 4) is 0 Å². The summed E-state index contributed by atoms with van der Waals surface area (Å²) in [6.07, 6.45) is 6.28. The summed E-state index contributed by atoms with van der Waals surface area (Å²) in [5.74, 6) is 2.63. The molecule has 0 saturated heterocycles. The summed E-state index contributed by atoms with van der Waals surface area (Å²) in [7, 11) is 3.75. The van der Waals surface area contributed by atoms with Crippen molar-refractivity contribution in [3.63, 3.8) is 0 Å². The first-order valence-electron chi connectivity index (χ1n) is 8.96. The summed E-state index contributed by atoms with van der Waals surface area (Å²) in [6, 6.07) is 0. The van der Waals surface area contributed by atoms with Gasteiger partial charge in [-0.15, -0.1) is 34.2 Å². The van der Waals surface area contributed by atoms with E-state index in [1.807, 2.05) is 18.5 Å². The third-order valence-corrected chi connectivity index (χ3v) is 5.04. The van der Waals surface area contributed by atoms with Gasteiger partial charge >= 0.3 is 0 Å². The predicted molar refractivity (Wildman–Crippen MR) is 111 cm³/mol. The maximum Gasteiger partial charge on any atom is 0.191 e. The van der Waals surface area contributed by atoms with E-state index in [4.69, 9.17) is 4.74 Å². The van der Waals surface area contributed by atoms with Crippen LogP contribution in [0.25, 0.3) is 0 Å². The fourth-order valence-corrected chi connectivity index (χ4v) is 3.31. The second-order valence-corrected chi connectivity index (χ2v) is 6.72. The summed E-state index contributed by atoms with van der Waals surface area (Å²) in [4.78, 5) is 4.67. The molecule has 0 aliphatic heterocycles. The molecule has 1 saturated carbocycles. The van der Waals surface area contributed by atoms with Crippen LogP contribution in [0.1, 0.15) is 50.7 Å². The van der Waals surface area contributed by atoms with E-state index in [-0.39, 0.29) is 24.0 Å². The normalized spacial score (nSPS) is 16.6. The van der Waals surface area contributed by atoms with Gasteiger partial charge in [0.2, 0.25) is 0 Å². The Kier molecular flexibility index (Phi) is 9.70. The van der Waals surface area contributed by atoms with Gasteiger partial charge in [-0.05, 0) is 38.5 Å². The second-order valence-electron chi connectivity index (χ2n) is 6.72. The van der Waals surface area contributed by atoms with Gasteiger partial charge in [-0.2, -0.15) is 0 Å². The van der Waals surface area contributed by atoms with E-state index in [9.17, 15) is 0 Å². The van der Waals surface area contributed by atoms with E-state index in [2.05, 4.69) is 32.7 Å². The van der Waals surface area contributed by atoms with Crippen molar-refractivity contribution in [3.05, 3.63) is 11.6 Å². The van der Waals surface area contributed by atoms with E-state index in [1.54, 1.807) is 7.11 Å². The standard InChI is InChI=1S/C17H32N6O.HI/c1-5-18-16(19-12-15-22-21-14(2)23(15)3)20-13-17(10-11-24-4)8-6-7-9-17;/h5-13H2,1-4H3,(H2,18,19,20);1H. The first-order chi connectivity index (χ1) is 11.6. The number of halogens is 1. The Morgan fingerprint density at radius 2 is 2.00 bits per heavy atom. The number of ether oxygens (including phenoxy) is 1. The number of rotatable bonds is 8. The summed E-state index contributed by atoms with van der Waals surface area (Å²) in [6.45, 7) is 7.17. The molecule has 0 unspecified atom stereocenters. The van der Waals surface area contributed by atoms with Crippen molar-refractivity contribution < 1.29 is 4.74 Å². The SMILES string of the molecule is CCNC(=NCc1nnc(C)n1C)NCC1(CCOC)CCCC1.I. The first-order valence-corrected chi connectivity index (χ1v) is 8.96. The van der Waals surface area contributed by atoms with Crippen LogP contribution in [0.4, 0.5) is 0 Å². The number of guanidine groups is 1. The fourth-order valence-electron chi connectivity index (χ4n) is 3.31. The molecule has 0 amide bonds. The van der Waals surface area contributed by atoms with Gasteiger partial charge in [-0.3, -0.25) is 0 Å². The molecule has 8 heteroatoms. The van der Waals surface area contributed by atoms with Gasteiger partial charge in [0.25, 0.3) is 0 Å². The van der Waals surface area contributed by atoms with Crippen molar-refractivity contribution in [1.82, 2.24) is 25.4 Å². The van der Waals surface area contributed by atoms with Crippen LogP contribution in [0.15, 0.2) is 4.99 Å². The van der Waals surface area contributed by atoms with Crippen LogP contribution in [0.3, 0.4) is 0 Å². The molecule has 144 valence electrons. The topological polar surface area (TPSA) is 76.4 Å². The highest BCUT2D eigenvalue weighted by Gasteiger charge is 2.33. The molecule has 25 heavy (non-hydrogen) atoms. The average Bonchev–Trinajstić information content (AvgIpc) is 3.17. The number of hydrogen-bond acceptors (Lipinski definition) is 4. The number of nitrogens with one attached hydrogen (secondary N) is 2. The number of aryl methyl sites for hydroxylation is 1. The van der Waals surface area contributed by atoms with Gasteiger partial charge in [0.05, 0.1) is 0 Å². The van der Waals surface area contributed by atoms with E-state index in [1.165, 1.54) is 25.7 Å². The molecule has 7 nitrogen and oxygen atoms in total. The Bertz CT molecular complexity index is 539. The van der Waals surface area contributed by atoms with Crippen LogP contribution < -0.4 is 10.6 Å². The zero-order valence-electron chi connectivity index (χ0n) is 16.0. The van der Waals surface area contributed by atoms with Crippen molar-refractivity contribution in [1.29, 1.82) is 0 Å². The van der Waals surface area contributed by atoms with Crippen LogP contribution >= 0.6 is 24.0 Å². The lowest BCUT2D eigenvalue weighted by Gasteiger charge is -2.30. The molecule has 0 aromatic carbocycles. The maximum atomic E-state index is 5.31. The molecular formula is C17H33IN6O. The monoisotopic (exact) mass is 464 g/mol. The highest BCUT2D eigenvalue weighted by molar-refractivity contribution is 14.0. The number of aromatic nitrogens is 3. The minimum absolute atomic E-state index is 0. The molecule has 1 fully saturated rings. The van der Waals surface area contributed by atoms with Crippen LogP contribution in [0.5, 0.6) is 0 Å². The third kappa shape index (κ3) is 6.40. The second kappa shape index (κ2) is 10.9. The Morgan fingerprint density at radius 1 is 1.28 bits per heavy atom. The molecule has 0 spiro atoms. The van der Waals surface area contributed by atoms with E-state index in [0.29, 0.717) is 12.0 Å². The molecule has 1 aromatic rings. The summed E-state index contributed by atoms with van der Waals surface area (Å²) < 4.78 is 7.29. The van der Waals surface area contributed by atoms with Crippen LogP contribution in [-0.4, -0.2) is 47.5 Å². The Balaban J connectivity index is 0.00000312. The average molecular weight is 464 g/mol. The first kappa shape index (κ1) is 22.1. The Labute approximate surface area is 168 Å². The summed E-state index contributed by atoms with van der Waals surface area (Å²) in [5.41, 5.74) is 0.341. The minimum Gasteiger partial charge on any atom is -0.385 e. The highest BCUT2D eigenvalue weighted by Crippen LogP contribution is 2.40. The van der Waals surface area contributed by atoms with Gasteiger partial charge in [-0.1, -0.05) is 12.8 Å². The molecular weight excluding hydrogens is 431 g/mol. The zero-order chi connectivity index (χ0) is 17.4. The van der Waals surface area contributed by atoms with Gasteiger partial charge in [-0.25, -0.2) is 4.99 Å². The summed E-state index contributed by atoms with van der Waals surface area (Å²) in [5, 5.41) is 15.1. The van der Waals surface area contributed by atoms with Crippen LogP contribution in [-0.2, 0) is 18.3 Å². The summed E-state index contributed by atoms with van der Waals surface area (Å²) >= 11 is 0. The van der Waals surface area contributed by atoms with Gasteiger partial charge in [0.15, 0.2) is 11.8 Å². The lowest BCUT2D eigenvalue weighted by molar-refractivity contribution is 0.138. The van der Waals surface area contributed by atoms with E-state index >= 15 is 0 Å². The van der Waals surface area contributed by atoms with Gasteiger partial charge in [0, 0.05) is 33.9 Å². The van der Waals surface area contributed by atoms with Crippen molar-refractivity contribution in [2.24, 2.45) is 17.5 Å². The Hall–Kier alpha value is -0.900. The van der Waals surface area contributed by atoms with E-state index in [0.717, 1.165) is 43.7 Å². The highest BCUT2D eigenvalue weighted by atomic mass is 127. The molecule has 0 radical (unpaired) electrons.